The zero-order valence-electron chi connectivity index (χ0n) is 15.8. The number of anilines is 1. The maximum Gasteiger partial charge on any atom is 0.243 e. The van der Waals surface area contributed by atoms with Gasteiger partial charge in [0.15, 0.2) is 0 Å². The first-order valence-electron chi connectivity index (χ1n) is 8.77. The lowest BCUT2D eigenvalue weighted by molar-refractivity contribution is -0.122. The summed E-state index contributed by atoms with van der Waals surface area (Å²) in [5.74, 6) is 2.05. The Balaban J connectivity index is 1.98. The summed E-state index contributed by atoms with van der Waals surface area (Å²) in [6.45, 7) is 4.20. The van der Waals surface area contributed by atoms with Crippen molar-refractivity contribution in [2.75, 3.05) is 22.9 Å². The van der Waals surface area contributed by atoms with Crippen LogP contribution in [-0.4, -0.2) is 38.9 Å². The highest BCUT2D eigenvalue weighted by Crippen LogP contribution is 2.23. The van der Waals surface area contributed by atoms with E-state index in [1.165, 1.54) is 4.31 Å². The first-order valence-corrected chi connectivity index (χ1v) is 11.8. The Bertz CT molecular complexity index is 818. The first-order chi connectivity index (χ1) is 12.8. The quantitative estimate of drug-likeness (QED) is 0.609. The van der Waals surface area contributed by atoms with Crippen LogP contribution in [0, 0.1) is 6.92 Å². The zero-order chi connectivity index (χ0) is 19.9. The van der Waals surface area contributed by atoms with Crippen LogP contribution in [-0.2, 0) is 20.6 Å². The van der Waals surface area contributed by atoms with Crippen LogP contribution in [0.25, 0.3) is 0 Å². The minimum absolute atomic E-state index is 0.290. The Kier molecular flexibility index (Phi) is 7.79. The van der Waals surface area contributed by atoms with Gasteiger partial charge in [-0.25, -0.2) is 8.42 Å². The average molecular weight is 411 g/mol. The molecule has 0 fully saturated rings. The van der Waals surface area contributed by atoms with Gasteiger partial charge >= 0.3 is 0 Å². The summed E-state index contributed by atoms with van der Waals surface area (Å²) in [6.07, 6.45) is 3.14. The molecule has 1 amide bonds. The summed E-state index contributed by atoms with van der Waals surface area (Å²) in [6, 6.07) is 10.1. The van der Waals surface area contributed by atoms with Gasteiger partial charge in [0.25, 0.3) is 0 Å². The molecule has 0 aliphatic carbocycles. The topological polar surface area (TPSA) is 79.6 Å². The molecule has 0 spiro atoms. The van der Waals surface area contributed by atoms with Gasteiger partial charge in [-0.2, -0.15) is 11.8 Å². The van der Waals surface area contributed by atoms with E-state index < -0.39 is 16.1 Å². The molecule has 148 valence electrons. The predicted octanol–water partition coefficient (Wildman–Crippen LogP) is 3.18. The number of amides is 1. The van der Waals surface area contributed by atoms with Crippen molar-refractivity contribution >= 4 is 33.4 Å². The second kappa shape index (κ2) is 9.85. The van der Waals surface area contributed by atoms with Crippen molar-refractivity contribution in [2.45, 2.75) is 32.1 Å². The SMILES string of the molecule is CC[C@H](C(=O)NCCSCc1ccco1)N(c1ccc(C)cc1)S(C)(=O)=O. The molecule has 2 aromatic rings. The molecule has 2 rings (SSSR count). The second-order valence-electron chi connectivity index (χ2n) is 6.24. The molecular weight excluding hydrogens is 384 g/mol. The van der Waals surface area contributed by atoms with E-state index >= 15 is 0 Å². The number of aryl methyl sites for hydroxylation is 1. The number of nitrogens with one attached hydrogen (secondary N) is 1. The lowest BCUT2D eigenvalue weighted by Crippen LogP contribution is -2.49. The molecule has 1 atom stereocenters. The molecule has 0 saturated heterocycles. The van der Waals surface area contributed by atoms with Gasteiger partial charge in [0.05, 0.1) is 24.0 Å². The number of thioether (sulfide) groups is 1. The fourth-order valence-electron chi connectivity index (χ4n) is 2.68. The van der Waals surface area contributed by atoms with Crippen LogP contribution < -0.4 is 9.62 Å². The van der Waals surface area contributed by atoms with Gasteiger partial charge in [0, 0.05) is 12.3 Å². The molecule has 6 nitrogen and oxygen atoms in total. The van der Waals surface area contributed by atoms with Crippen molar-refractivity contribution < 1.29 is 17.6 Å². The Hall–Kier alpha value is -1.93. The van der Waals surface area contributed by atoms with Crippen LogP contribution in [0.1, 0.15) is 24.7 Å². The minimum Gasteiger partial charge on any atom is -0.468 e. The number of furan rings is 1. The van der Waals surface area contributed by atoms with Gasteiger partial charge in [-0.3, -0.25) is 9.10 Å². The molecule has 1 aromatic carbocycles. The second-order valence-corrected chi connectivity index (χ2v) is 9.21. The Labute approximate surface area is 165 Å². The van der Waals surface area contributed by atoms with Crippen molar-refractivity contribution in [2.24, 2.45) is 0 Å². The van der Waals surface area contributed by atoms with Crippen molar-refractivity contribution in [1.29, 1.82) is 0 Å². The van der Waals surface area contributed by atoms with Crippen LogP contribution in [0.3, 0.4) is 0 Å². The zero-order valence-corrected chi connectivity index (χ0v) is 17.5. The molecule has 1 heterocycles. The molecule has 1 N–H and O–H groups in total. The van der Waals surface area contributed by atoms with Gasteiger partial charge in [0.1, 0.15) is 11.8 Å². The fraction of sp³-hybridized carbons (Fsp3) is 0.421. The molecule has 0 bridgehead atoms. The average Bonchev–Trinajstić information content (AvgIpc) is 3.12. The van der Waals surface area contributed by atoms with Crippen LogP contribution in [0.2, 0.25) is 0 Å². The third-order valence-corrected chi connectivity index (χ3v) is 6.15. The molecule has 0 aliphatic rings. The summed E-state index contributed by atoms with van der Waals surface area (Å²) in [5, 5.41) is 2.85. The number of carbonyl (C=O) groups is 1. The van der Waals surface area contributed by atoms with E-state index in [1.807, 2.05) is 38.1 Å². The number of benzene rings is 1. The van der Waals surface area contributed by atoms with Gasteiger partial charge in [0.2, 0.25) is 15.9 Å². The molecule has 0 radical (unpaired) electrons. The largest absolute Gasteiger partial charge is 0.468 e. The molecule has 0 unspecified atom stereocenters. The molecule has 1 aromatic heterocycles. The van der Waals surface area contributed by atoms with E-state index in [9.17, 15) is 13.2 Å². The maximum atomic E-state index is 12.6. The van der Waals surface area contributed by atoms with Gasteiger partial charge < -0.3 is 9.73 Å². The lowest BCUT2D eigenvalue weighted by Gasteiger charge is -2.30. The standard InChI is InChI=1S/C19H26N2O4S2/c1-4-18(19(22)20-11-13-26-14-17-6-5-12-25-17)21(27(3,23)24)16-9-7-15(2)8-10-16/h5-10,12,18H,4,11,13-14H2,1-3H3,(H,20,22)/t18-/m1/s1. The number of nitrogens with zero attached hydrogens (tertiary/aromatic N) is 1. The predicted molar refractivity (Wildman–Crippen MR) is 110 cm³/mol. The number of sulfonamides is 1. The highest BCUT2D eigenvalue weighted by molar-refractivity contribution is 7.98. The summed E-state index contributed by atoms with van der Waals surface area (Å²) >= 11 is 1.64. The van der Waals surface area contributed by atoms with E-state index in [1.54, 1.807) is 30.2 Å². The van der Waals surface area contributed by atoms with Crippen LogP contribution in [0.15, 0.2) is 47.1 Å². The van der Waals surface area contributed by atoms with Crippen LogP contribution in [0.5, 0.6) is 0 Å². The van der Waals surface area contributed by atoms with E-state index in [-0.39, 0.29) is 5.91 Å². The van der Waals surface area contributed by atoms with Gasteiger partial charge in [-0.05, 0) is 37.6 Å². The number of rotatable bonds is 10. The van der Waals surface area contributed by atoms with Crippen molar-refractivity contribution in [3.8, 4) is 0 Å². The van der Waals surface area contributed by atoms with Crippen molar-refractivity contribution in [3.05, 3.63) is 54.0 Å². The first kappa shape index (κ1) is 21.4. The van der Waals surface area contributed by atoms with Gasteiger partial charge in [-0.1, -0.05) is 24.6 Å². The van der Waals surface area contributed by atoms with E-state index in [0.717, 1.165) is 23.3 Å². The molecule has 0 aliphatic heterocycles. The van der Waals surface area contributed by atoms with Crippen molar-refractivity contribution in [1.82, 2.24) is 5.32 Å². The molecular formula is C19H26N2O4S2. The number of carbonyl (C=O) groups excluding carboxylic acids is 1. The van der Waals surface area contributed by atoms with Gasteiger partial charge in [-0.15, -0.1) is 0 Å². The smallest absolute Gasteiger partial charge is 0.243 e. The maximum absolute atomic E-state index is 12.6. The number of hydrogen-bond donors (Lipinski definition) is 1. The fourth-order valence-corrected chi connectivity index (χ4v) is 4.65. The summed E-state index contributed by atoms with van der Waals surface area (Å²) in [7, 11) is -3.60. The van der Waals surface area contributed by atoms with Crippen LogP contribution >= 0.6 is 11.8 Å². The molecule has 8 heteroatoms. The minimum atomic E-state index is -3.60. The third-order valence-electron chi connectivity index (χ3n) is 3.99. The third kappa shape index (κ3) is 6.32. The highest BCUT2D eigenvalue weighted by atomic mass is 32.2. The van der Waals surface area contributed by atoms with Crippen LogP contribution in [0.4, 0.5) is 5.69 Å². The van der Waals surface area contributed by atoms with E-state index in [4.69, 9.17) is 4.42 Å². The van der Waals surface area contributed by atoms with E-state index in [2.05, 4.69) is 5.32 Å². The van der Waals surface area contributed by atoms with Crippen molar-refractivity contribution in [3.63, 3.8) is 0 Å². The summed E-state index contributed by atoms with van der Waals surface area (Å²) < 4.78 is 31.2. The summed E-state index contributed by atoms with van der Waals surface area (Å²) in [5.41, 5.74) is 1.52. The molecule has 0 saturated carbocycles. The van der Waals surface area contributed by atoms with E-state index in [0.29, 0.717) is 24.4 Å². The Morgan fingerprint density at radius 2 is 1.96 bits per heavy atom. The normalized spacial score (nSPS) is 12.6. The Morgan fingerprint density at radius 1 is 1.26 bits per heavy atom. The monoisotopic (exact) mass is 410 g/mol. The summed E-state index contributed by atoms with van der Waals surface area (Å²) in [4.78, 5) is 12.6. The Morgan fingerprint density at radius 3 is 2.52 bits per heavy atom. The highest BCUT2D eigenvalue weighted by Gasteiger charge is 2.31. The molecule has 27 heavy (non-hydrogen) atoms. The number of hydrogen-bond acceptors (Lipinski definition) is 5. The lowest BCUT2D eigenvalue weighted by atomic mass is 10.1.